The van der Waals surface area contributed by atoms with E-state index >= 15 is 0 Å². The number of rotatable bonds is 2. The van der Waals surface area contributed by atoms with E-state index in [2.05, 4.69) is 10.3 Å². The average molecular weight is 463 g/mol. The van der Waals surface area contributed by atoms with Crippen LogP contribution in [0.5, 0.6) is 0 Å². The number of piperidine rings is 1. The van der Waals surface area contributed by atoms with Crippen molar-refractivity contribution in [2.45, 2.75) is 43.8 Å². The number of likely N-dealkylation sites (tertiary alicyclic amines) is 1. The normalized spacial score (nSPS) is 19.5. The summed E-state index contributed by atoms with van der Waals surface area (Å²) >= 11 is 0. The number of alkyl halides is 3. The largest absolute Gasteiger partial charge is 0.490 e. The molecule has 1 aromatic heterocycles. The number of hydrogen-bond donors (Lipinski definition) is 2. The number of nitrogens with zero attached hydrogens (tertiary/aromatic N) is 2. The molecule has 10 heteroatoms. The van der Waals surface area contributed by atoms with Crippen LogP contribution in [0.2, 0.25) is 0 Å². The Morgan fingerprint density at radius 1 is 1.15 bits per heavy atom. The monoisotopic (exact) mass is 463 g/mol. The van der Waals surface area contributed by atoms with Crippen molar-refractivity contribution in [1.29, 1.82) is 0 Å². The summed E-state index contributed by atoms with van der Waals surface area (Å²) < 4.78 is 31.7. The van der Waals surface area contributed by atoms with Gasteiger partial charge in [0.15, 0.2) is 0 Å². The Kier molecular flexibility index (Phi) is 7.04. The van der Waals surface area contributed by atoms with Crippen LogP contribution in [-0.4, -0.2) is 57.6 Å². The predicted molar refractivity (Wildman–Crippen MR) is 112 cm³/mol. The van der Waals surface area contributed by atoms with Crippen LogP contribution in [0.25, 0.3) is 0 Å². The highest BCUT2D eigenvalue weighted by molar-refractivity contribution is 5.94. The maximum atomic E-state index is 12.8. The van der Waals surface area contributed by atoms with Crippen LogP contribution in [0.1, 0.15) is 46.7 Å². The minimum absolute atomic E-state index is 0.0772. The van der Waals surface area contributed by atoms with Gasteiger partial charge >= 0.3 is 12.1 Å². The SMILES string of the molecule is Cc1cccc(C(=O)N2CCC3(CC2)NC(=O)CC3c2ccncc2)c1.O=C(O)C(F)(F)F. The molecule has 1 atom stereocenters. The maximum Gasteiger partial charge on any atom is 0.490 e. The first kappa shape index (κ1) is 24.2. The maximum absolute atomic E-state index is 12.8. The highest BCUT2D eigenvalue weighted by atomic mass is 19.4. The molecule has 3 heterocycles. The van der Waals surface area contributed by atoms with Crippen molar-refractivity contribution in [3.8, 4) is 0 Å². The molecule has 0 saturated carbocycles. The summed E-state index contributed by atoms with van der Waals surface area (Å²) in [6, 6.07) is 11.7. The summed E-state index contributed by atoms with van der Waals surface area (Å²) in [6.07, 6.45) is 0.548. The molecule has 2 fully saturated rings. The molecule has 2 amide bonds. The smallest absolute Gasteiger partial charge is 0.475 e. The van der Waals surface area contributed by atoms with Gasteiger partial charge in [0.25, 0.3) is 5.91 Å². The summed E-state index contributed by atoms with van der Waals surface area (Å²) in [4.78, 5) is 39.9. The van der Waals surface area contributed by atoms with Crippen LogP contribution >= 0.6 is 0 Å². The lowest BCUT2D eigenvalue weighted by atomic mass is 9.74. The Morgan fingerprint density at radius 3 is 2.30 bits per heavy atom. The molecule has 0 aliphatic carbocycles. The Morgan fingerprint density at radius 2 is 1.76 bits per heavy atom. The van der Waals surface area contributed by atoms with Gasteiger partial charge in [-0.25, -0.2) is 4.79 Å². The first-order valence-electron chi connectivity index (χ1n) is 10.4. The van der Waals surface area contributed by atoms with Crippen molar-refractivity contribution in [3.63, 3.8) is 0 Å². The van der Waals surface area contributed by atoms with Crippen LogP contribution in [0.3, 0.4) is 0 Å². The number of carbonyl (C=O) groups excluding carboxylic acids is 2. The van der Waals surface area contributed by atoms with Crippen molar-refractivity contribution >= 4 is 17.8 Å². The van der Waals surface area contributed by atoms with Gasteiger partial charge in [-0.15, -0.1) is 0 Å². The second-order valence-electron chi connectivity index (χ2n) is 8.21. The fourth-order valence-electron chi connectivity index (χ4n) is 4.37. The zero-order valence-electron chi connectivity index (χ0n) is 17.9. The van der Waals surface area contributed by atoms with Crippen molar-refractivity contribution in [1.82, 2.24) is 15.2 Å². The number of nitrogens with one attached hydrogen (secondary N) is 1. The number of amides is 2. The number of hydrogen-bond acceptors (Lipinski definition) is 4. The number of carboxylic acids is 1. The van der Waals surface area contributed by atoms with Gasteiger partial charge < -0.3 is 15.3 Å². The summed E-state index contributed by atoms with van der Waals surface area (Å²) in [7, 11) is 0. The molecule has 2 N–H and O–H groups in total. The van der Waals surface area contributed by atoms with E-state index in [0.29, 0.717) is 19.5 Å². The summed E-state index contributed by atoms with van der Waals surface area (Å²) in [6.45, 7) is 3.32. The summed E-state index contributed by atoms with van der Waals surface area (Å²) in [5.74, 6) is -2.43. The zero-order valence-corrected chi connectivity index (χ0v) is 17.9. The third-order valence-electron chi connectivity index (χ3n) is 6.00. The van der Waals surface area contributed by atoms with E-state index in [1.54, 1.807) is 12.4 Å². The molecule has 1 unspecified atom stereocenters. The fraction of sp³-hybridized carbons (Fsp3) is 0.391. The Labute approximate surface area is 188 Å². The van der Waals surface area contributed by atoms with E-state index < -0.39 is 12.1 Å². The Hall–Kier alpha value is -3.43. The van der Waals surface area contributed by atoms with Gasteiger partial charge in [-0.3, -0.25) is 14.6 Å². The number of halogens is 3. The number of aryl methyl sites for hydroxylation is 1. The molecule has 2 aliphatic heterocycles. The first-order valence-corrected chi connectivity index (χ1v) is 10.4. The Bertz CT molecular complexity index is 1020. The summed E-state index contributed by atoms with van der Waals surface area (Å²) in [5, 5.41) is 10.4. The second-order valence-corrected chi connectivity index (χ2v) is 8.21. The standard InChI is InChI=1S/C21H23N3O2.C2HF3O2/c1-15-3-2-4-17(13-15)20(26)24-11-7-21(8-12-24)18(14-19(25)23-21)16-5-9-22-10-6-16;3-2(4,5)1(6)7/h2-6,9-10,13,18H,7-8,11-12,14H2,1H3,(H,23,25);(H,6,7). The number of carbonyl (C=O) groups is 3. The lowest BCUT2D eigenvalue weighted by Crippen LogP contribution is -2.54. The molecule has 0 radical (unpaired) electrons. The van der Waals surface area contributed by atoms with Crippen LogP contribution in [0.15, 0.2) is 48.8 Å². The van der Waals surface area contributed by atoms with E-state index in [-0.39, 0.29) is 23.3 Å². The van der Waals surface area contributed by atoms with Crippen molar-refractivity contribution in [3.05, 3.63) is 65.5 Å². The van der Waals surface area contributed by atoms with Crippen molar-refractivity contribution in [2.75, 3.05) is 13.1 Å². The zero-order chi connectivity index (χ0) is 24.2. The van der Waals surface area contributed by atoms with Crippen molar-refractivity contribution < 1.29 is 32.7 Å². The minimum Gasteiger partial charge on any atom is -0.475 e. The average Bonchev–Trinajstić information content (AvgIpc) is 3.09. The van der Waals surface area contributed by atoms with Gasteiger partial charge in [0.1, 0.15) is 0 Å². The Balaban J connectivity index is 0.000000383. The molecule has 2 aromatic rings. The van der Waals surface area contributed by atoms with Crippen LogP contribution in [0, 0.1) is 6.92 Å². The molecular formula is C23H24F3N3O4. The first-order chi connectivity index (χ1) is 15.5. The summed E-state index contributed by atoms with van der Waals surface area (Å²) in [5.41, 5.74) is 2.73. The lowest BCUT2D eigenvalue weighted by Gasteiger charge is -2.43. The molecule has 2 aliphatic rings. The van der Waals surface area contributed by atoms with Gasteiger partial charge in [0.2, 0.25) is 5.91 Å². The molecule has 176 valence electrons. The van der Waals surface area contributed by atoms with E-state index in [0.717, 1.165) is 29.5 Å². The van der Waals surface area contributed by atoms with Gasteiger partial charge in [0, 0.05) is 43.4 Å². The van der Waals surface area contributed by atoms with Gasteiger partial charge in [-0.05, 0) is 49.6 Å². The van der Waals surface area contributed by atoms with Crippen LogP contribution in [-0.2, 0) is 9.59 Å². The van der Waals surface area contributed by atoms with Gasteiger partial charge in [-0.1, -0.05) is 17.7 Å². The fourth-order valence-corrected chi connectivity index (χ4v) is 4.37. The molecule has 0 bridgehead atoms. The van der Waals surface area contributed by atoms with Crippen LogP contribution in [0.4, 0.5) is 13.2 Å². The molecule has 1 spiro atoms. The molecule has 1 aromatic carbocycles. The minimum atomic E-state index is -5.08. The van der Waals surface area contributed by atoms with Crippen molar-refractivity contribution in [2.24, 2.45) is 0 Å². The highest BCUT2D eigenvalue weighted by Crippen LogP contribution is 2.43. The van der Waals surface area contributed by atoms with Crippen LogP contribution < -0.4 is 5.32 Å². The highest BCUT2D eigenvalue weighted by Gasteiger charge is 2.49. The molecule has 2 saturated heterocycles. The number of aromatic nitrogens is 1. The number of pyridine rings is 1. The van der Waals surface area contributed by atoms with Gasteiger partial charge in [-0.2, -0.15) is 13.2 Å². The molecule has 7 nitrogen and oxygen atoms in total. The third-order valence-corrected chi connectivity index (χ3v) is 6.00. The molecular weight excluding hydrogens is 439 g/mol. The van der Waals surface area contributed by atoms with Gasteiger partial charge in [0.05, 0.1) is 5.54 Å². The quantitative estimate of drug-likeness (QED) is 0.712. The number of benzene rings is 1. The van der Waals surface area contributed by atoms with E-state index in [1.807, 2.05) is 48.2 Å². The predicted octanol–water partition coefficient (Wildman–Crippen LogP) is 3.30. The van der Waals surface area contributed by atoms with E-state index in [4.69, 9.17) is 9.90 Å². The second kappa shape index (κ2) is 9.60. The van der Waals surface area contributed by atoms with E-state index in [1.165, 1.54) is 0 Å². The topological polar surface area (TPSA) is 99.6 Å². The number of aliphatic carboxylic acids is 1. The van der Waals surface area contributed by atoms with E-state index in [9.17, 15) is 22.8 Å². The number of carboxylic acid groups (broad SMARTS) is 1. The third kappa shape index (κ3) is 5.68. The lowest BCUT2D eigenvalue weighted by molar-refractivity contribution is -0.192. The molecule has 33 heavy (non-hydrogen) atoms. The molecule has 4 rings (SSSR count).